The highest BCUT2D eigenvalue weighted by molar-refractivity contribution is 5.96. The van der Waals surface area contributed by atoms with Crippen molar-refractivity contribution in [2.24, 2.45) is 17.2 Å². The van der Waals surface area contributed by atoms with Crippen LogP contribution in [0.3, 0.4) is 0 Å². The van der Waals surface area contributed by atoms with Crippen LogP contribution in [0.25, 0.3) is 10.9 Å². The maximum Gasteiger partial charge on any atom is 0.328 e. The third-order valence-electron chi connectivity index (χ3n) is 5.85. The van der Waals surface area contributed by atoms with E-state index in [1.54, 1.807) is 30.5 Å². The molecule has 0 spiro atoms. The largest absolute Gasteiger partial charge is 0.480 e. The monoisotopic (exact) mass is 547 g/mol. The smallest absolute Gasteiger partial charge is 0.328 e. The zero-order chi connectivity index (χ0) is 29.3. The summed E-state index contributed by atoms with van der Waals surface area (Å²) in [5.41, 5.74) is 17.2. The van der Waals surface area contributed by atoms with Gasteiger partial charge in [-0.15, -0.1) is 0 Å². The molecule has 12 N–H and O–H groups in total. The first-order chi connectivity index (χ1) is 18.3. The highest BCUT2D eigenvalue weighted by Crippen LogP contribution is 2.19. The Morgan fingerprint density at radius 1 is 0.923 bits per heavy atom. The maximum absolute atomic E-state index is 13.2. The third-order valence-corrected chi connectivity index (χ3v) is 5.85. The molecule has 1 heterocycles. The Hall–Kier alpha value is -4.50. The summed E-state index contributed by atoms with van der Waals surface area (Å²) in [5, 5.41) is 26.9. The molecule has 15 nitrogen and oxygen atoms in total. The number of aliphatic hydroxyl groups excluding tert-OH is 1. The number of carboxylic acid groups (broad SMARTS) is 1. The van der Waals surface area contributed by atoms with Crippen molar-refractivity contribution in [2.75, 3.05) is 0 Å². The fraction of sp³-hybridized carbons (Fsp3) is 0.417. The van der Waals surface area contributed by atoms with Gasteiger partial charge in [-0.05, 0) is 25.0 Å². The van der Waals surface area contributed by atoms with Gasteiger partial charge in [0.1, 0.15) is 12.1 Å². The number of nitrogens with one attached hydrogen (secondary N) is 4. The molecular formula is C24H33N7O8. The minimum absolute atomic E-state index is 0.106. The van der Waals surface area contributed by atoms with E-state index in [-0.39, 0.29) is 19.3 Å². The predicted molar refractivity (Wildman–Crippen MR) is 137 cm³/mol. The number of hydrogen-bond donors (Lipinski definition) is 9. The van der Waals surface area contributed by atoms with E-state index in [2.05, 4.69) is 20.9 Å². The highest BCUT2D eigenvalue weighted by atomic mass is 16.4. The van der Waals surface area contributed by atoms with Gasteiger partial charge in [0.2, 0.25) is 29.5 Å². The molecule has 0 saturated carbocycles. The number of hydrogen-bond acceptors (Lipinski definition) is 8. The van der Waals surface area contributed by atoms with Crippen LogP contribution in [0.5, 0.6) is 0 Å². The Bertz CT molecular complexity index is 1230. The minimum atomic E-state index is -1.67. The van der Waals surface area contributed by atoms with Crippen molar-refractivity contribution in [2.45, 2.75) is 62.9 Å². The number of fused-ring (bicyclic) bond motifs is 1. The number of carbonyl (C=O) groups is 6. The van der Waals surface area contributed by atoms with Gasteiger partial charge in [0, 0.05) is 29.9 Å². The van der Waals surface area contributed by atoms with E-state index in [0.717, 1.165) is 10.9 Å². The van der Waals surface area contributed by atoms with Crippen LogP contribution in [0.1, 0.15) is 31.7 Å². The van der Waals surface area contributed by atoms with Crippen LogP contribution in [-0.2, 0) is 35.2 Å². The fourth-order valence-corrected chi connectivity index (χ4v) is 3.79. The summed E-state index contributed by atoms with van der Waals surface area (Å²) in [6, 6.07) is 1.33. The van der Waals surface area contributed by atoms with Crippen LogP contribution in [0.2, 0.25) is 0 Å². The van der Waals surface area contributed by atoms with E-state index in [9.17, 15) is 39.0 Å². The summed E-state index contributed by atoms with van der Waals surface area (Å²) < 4.78 is 0. The van der Waals surface area contributed by atoms with Crippen LogP contribution in [0.4, 0.5) is 0 Å². The number of aromatic amines is 1. The number of nitrogens with two attached hydrogens (primary N) is 3. The number of para-hydroxylation sites is 1. The summed E-state index contributed by atoms with van der Waals surface area (Å²) in [6.45, 7) is 1.18. The average Bonchev–Trinajstić information content (AvgIpc) is 3.26. The molecule has 0 bridgehead atoms. The first-order valence-electron chi connectivity index (χ1n) is 12.0. The highest BCUT2D eigenvalue weighted by Gasteiger charge is 2.32. The number of primary amides is 2. The summed E-state index contributed by atoms with van der Waals surface area (Å²) >= 11 is 0. The summed E-state index contributed by atoms with van der Waals surface area (Å²) in [6.07, 6.45) is -1.02. The van der Waals surface area contributed by atoms with Crippen LogP contribution in [0.15, 0.2) is 30.5 Å². The number of rotatable bonds is 15. The standard InChI is InChI=1S/C24H33N7O8/c1-11(32)20(24(38)39)31-23(37)17(8-12-10-28-15-5-3-2-4-13(12)15)30-22(36)16(6-7-18(26)33)29-21(35)14(25)9-19(27)34/h2-5,10-11,14,16-17,20,28,32H,6-9,25H2,1H3,(H2,26,33)(H2,27,34)(H,29,35)(H,30,36)(H,31,37)(H,38,39). The van der Waals surface area contributed by atoms with Crippen LogP contribution < -0.4 is 33.2 Å². The molecule has 212 valence electrons. The van der Waals surface area contributed by atoms with E-state index < -0.39 is 72.2 Å². The summed E-state index contributed by atoms with van der Waals surface area (Å²) in [4.78, 5) is 75.9. The van der Waals surface area contributed by atoms with Gasteiger partial charge >= 0.3 is 5.97 Å². The first kappa shape index (κ1) is 30.7. The molecule has 0 saturated heterocycles. The predicted octanol–water partition coefficient (Wildman–Crippen LogP) is -2.90. The number of benzene rings is 1. The van der Waals surface area contributed by atoms with Crippen LogP contribution in [0, 0.1) is 0 Å². The Morgan fingerprint density at radius 3 is 2.13 bits per heavy atom. The molecule has 1 aromatic heterocycles. The number of aliphatic carboxylic acids is 1. The van der Waals surface area contributed by atoms with E-state index in [1.165, 1.54) is 6.92 Å². The lowest BCUT2D eigenvalue weighted by molar-refractivity contribution is -0.145. The van der Waals surface area contributed by atoms with Gasteiger partial charge < -0.3 is 48.3 Å². The van der Waals surface area contributed by atoms with Gasteiger partial charge in [0.05, 0.1) is 18.6 Å². The molecule has 0 aliphatic heterocycles. The molecule has 0 radical (unpaired) electrons. The van der Waals surface area contributed by atoms with Gasteiger partial charge in [-0.3, -0.25) is 24.0 Å². The first-order valence-corrected chi connectivity index (χ1v) is 12.0. The van der Waals surface area contributed by atoms with Crippen LogP contribution in [-0.4, -0.2) is 81.0 Å². The number of amides is 5. The van der Waals surface area contributed by atoms with Crippen molar-refractivity contribution in [3.8, 4) is 0 Å². The van der Waals surface area contributed by atoms with Crippen molar-refractivity contribution in [1.82, 2.24) is 20.9 Å². The molecule has 0 aliphatic carbocycles. The van der Waals surface area contributed by atoms with Gasteiger partial charge in [-0.2, -0.15) is 0 Å². The minimum Gasteiger partial charge on any atom is -0.480 e. The second-order valence-electron chi connectivity index (χ2n) is 9.03. The third kappa shape index (κ3) is 9.08. The Labute approximate surface area is 222 Å². The molecule has 2 rings (SSSR count). The van der Waals surface area contributed by atoms with Crippen LogP contribution >= 0.6 is 0 Å². The lowest BCUT2D eigenvalue weighted by Crippen LogP contribution is -2.59. The van der Waals surface area contributed by atoms with Gasteiger partial charge in [0.15, 0.2) is 6.04 Å². The van der Waals surface area contributed by atoms with Gasteiger partial charge in [-0.1, -0.05) is 18.2 Å². The average molecular weight is 548 g/mol. The van der Waals surface area contributed by atoms with Crippen molar-refractivity contribution in [3.63, 3.8) is 0 Å². The molecular weight excluding hydrogens is 514 g/mol. The zero-order valence-electron chi connectivity index (χ0n) is 21.2. The van der Waals surface area contributed by atoms with Crippen molar-refractivity contribution < 1.29 is 39.0 Å². The number of aliphatic hydroxyl groups is 1. The number of carbonyl (C=O) groups excluding carboxylic acids is 5. The summed E-state index contributed by atoms with van der Waals surface area (Å²) in [5.74, 6) is -5.84. The van der Waals surface area contributed by atoms with E-state index in [0.29, 0.717) is 5.56 Å². The SMILES string of the molecule is CC(O)C(NC(=O)C(Cc1c[nH]c2ccccc12)NC(=O)C(CCC(N)=O)NC(=O)C(N)CC(N)=O)C(=O)O. The summed E-state index contributed by atoms with van der Waals surface area (Å²) in [7, 11) is 0. The molecule has 1 aromatic carbocycles. The fourth-order valence-electron chi connectivity index (χ4n) is 3.79. The van der Waals surface area contributed by atoms with E-state index in [4.69, 9.17) is 17.2 Å². The van der Waals surface area contributed by atoms with Gasteiger partial charge in [-0.25, -0.2) is 4.79 Å². The van der Waals surface area contributed by atoms with Crippen molar-refractivity contribution >= 4 is 46.4 Å². The number of carboxylic acids is 1. The topological polar surface area (TPSA) is 273 Å². The lowest BCUT2D eigenvalue weighted by Gasteiger charge is -2.25. The van der Waals surface area contributed by atoms with Crippen molar-refractivity contribution in [3.05, 3.63) is 36.0 Å². The molecule has 0 aliphatic rings. The Kier molecular flexibility index (Phi) is 10.9. The molecule has 15 heteroatoms. The number of H-pyrrole nitrogens is 1. The Morgan fingerprint density at radius 2 is 1.54 bits per heavy atom. The molecule has 39 heavy (non-hydrogen) atoms. The lowest BCUT2D eigenvalue weighted by atomic mass is 10.0. The van der Waals surface area contributed by atoms with Crippen molar-refractivity contribution in [1.29, 1.82) is 0 Å². The molecule has 0 fully saturated rings. The second kappa shape index (κ2) is 13.9. The second-order valence-corrected chi connectivity index (χ2v) is 9.03. The molecule has 2 aromatic rings. The van der Waals surface area contributed by atoms with E-state index >= 15 is 0 Å². The van der Waals surface area contributed by atoms with E-state index in [1.807, 2.05) is 0 Å². The normalized spacial score (nSPS) is 14.8. The molecule has 5 unspecified atom stereocenters. The maximum atomic E-state index is 13.2. The zero-order valence-corrected chi connectivity index (χ0v) is 21.2. The van der Waals surface area contributed by atoms with Gasteiger partial charge in [0.25, 0.3) is 0 Å². The number of aromatic nitrogens is 1. The molecule has 5 amide bonds. The molecule has 5 atom stereocenters. The Balaban J connectivity index is 2.34. The quantitative estimate of drug-likeness (QED) is 0.110.